The molecule has 1 aromatic carbocycles. The van der Waals surface area contributed by atoms with E-state index >= 15 is 0 Å². The monoisotopic (exact) mass is 239 g/mol. The highest BCUT2D eigenvalue weighted by Gasteiger charge is 2.08. The zero-order chi connectivity index (χ0) is 11.8. The third-order valence-electron chi connectivity index (χ3n) is 2.51. The fourth-order valence-corrected chi connectivity index (χ4v) is 1.97. The van der Waals surface area contributed by atoms with Crippen LogP contribution in [0.4, 0.5) is 0 Å². The van der Waals surface area contributed by atoms with Gasteiger partial charge in [0.2, 0.25) is 0 Å². The molecule has 2 nitrogen and oxygen atoms in total. The highest BCUT2D eigenvalue weighted by Crippen LogP contribution is 2.24. The van der Waals surface area contributed by atoms with Crippen LogP contribution in [0.2, 0.25) is 0 Å². The van der Waals surface area contributed by atoms with E-state index in [0.29, 0.717) is 6.04 Å². The molecule has 0 radical (unpaired) electrons. The van der Waals surface area contributed by atoms with Gasteiger partial charge in [-0.05, 0) is 25.8 Å². The molecule has 0 aliphatic heterocycles. The maximum absolute atomic E-state index is 5.80. The van der Waals surface area contributed by atoms with Crippen molar-refractivity contribution in [3.8, 4) is 5.75 Å². The van der Waals surface area contributed by atoms with Gasteiger partial charge in [-0.3, -0.25) is 0 Å². The van der Waals surface area contributed by atoms with Crippen LogP contribution in [-0.2, 0) is 0 Å². The summed E-state index contributed by atoms with van der Waals surface area (Å²) in [5.41, 5.74) is 1.23. The van der Waals surface area contributed by atoms with Gasteiger partial charge < -0.3 is 10.1 Å². The number of hydrogen-bond donors (Lipinski definition) is 1. The van der Waals surface area contributed by atoms with E-state index in [0.717, 1.165) is 23.9 Å². The highest BCUT2D eigenvalue weighted by molar-refractivity contribution is 7.99. The van der Waals surface area contributed by atoms with E-state index in [1.807, 2.05) is 30.9 Å². The molecule has 90 valence electrons. The van der Waals surface area contributed by atoms with Crippen molar-refractivity contribution in [2.24, 2.45) is 0 Å². The van der Waals surface area contributed by atoms with Crippen molar-refractivity contribution in [3.63, 3.8) is 0 Å². The van der Waals surface area contributed by atoms with E-state index in [9.17, 15) is 0 Å². The lowest BCUT2D eigenvalue weighted by atomic mass is 10.1. The molecule has 0 aliphatic carbocycles. The third kappa shape index (κ3) is 4.06. The van der Waals surface area contributed by atoms with E-state index in [1.54, 1.807) is 0 Å². The number of thioether (sulfide) groups is 1. The number of benzene rings is 1. The third-order valence-corrected chi connectivity index (χ3v) is 3.37. The summed E-state index contributed by atoms with van der Waals surface area (Å²) in [5.74, 6) is 3.21. The van der Waals surface area contributed by atoms with Crippen LogP contribution in [-0.4, -0.2) is 25.2 Å². The number of nitrogens with one attached hydrogen (secondary N) is 1. The lowest BCUT2D eigenvalue weighted by molar-refractivity contribution is 0.337. The molecule has 1 rings (SSSR count). The first kappa shape index (κ1) is 13.4. The van der Waals surface area contributed by atoms with Gasteiger partial charge in [0.1, 0.15) is 5.75 Å². The van der Waals surface area contributed by atoms with Crippen LogP contribution < -0.4 is 10.1 Å². The normalized spacial score (nSPS) is 12.4. The van der Waals surface area contributed by atoms with Crippen molar-refractivity contribution in [2.75, 3.05) is 25.2 Å². The largest absolute Gasteiger partial charge is 0.492 e. The molecule has 1 aromatic rings. The molecule has 0 spiro atoms. The molecular formula is C13H21NOS. The van der Waals surface area contributed by atoms with Crippen molar-refractivity contribution in [1.82, 2.24) is 5.32 Å². The van der Waals surface area contributed by atoms with Crippen LogP contribution in [0.25, 0.3) is 0 Å². The van der Waals surface area contributed by atoms with Gasteiger partial charge in [-0.25, -0.2) is 0 Å². The Bertz CT molecular complexity index is 304. The minimum atomic E-state index is 0.329. The van der Waals surface area contributed by atoms with Crippen molar-refractivity contribution < 1.29 is 4.74 Å². The van der Waals surface area contributed by atoms with Crippen LogP contribution in [0.1, 0.15) is 25.5 Å². The lowest BCUT2D eigenvalue weighted by Crippen LogP contribution is -2.14. The molecule has 0 saturated carbocycles. The van der Waals surface area contributed by atoms with Crippen LogP contribution >= 0.6 is 11.8 Å². The first-order valence-electron chi connectivity index (χ1n) is 5.76. The van der Waals surface area contributed by atoms with E-state index in [2.05, 4.69) is 31.3 Å². The van der Waals surface area contributed by atoms with Crippen LogP contribution in [0.15, 0.2) is 24.3 Å². The van der Waals surface area contributed by atoms with Crippen LogP contribution in [0.3, 0.4) is 0 Å². The number of hydrogen-bond acceptors (Lipinski definition) is 3. The Labute approximate surface area is 103 Å². The number of ether oxygens (including phenoxy) is 1. The van der Waals surface area contributed by atoms with Gasteiger partial charge in [0.25, 0.3) is 0 Å². The summed E-state index contributed by atoms with van der Waals surface area (Å²) in [6, 6.07) is 8.56. The molecule has 0 aromatic heterocycles. The van der Waals surface area contributed by atoms with Crippen LogP contribution in [0.5, 0.6) is 5.75 Å². The predicted octanol–water partition coefficient (Wildman–Crippen LogP) is 3.10. The molecule has 0 amide bonds. The minimum absolute atomic E-state index is 0.329. The van der Waals surface area contributed by atoms with Crippen molar-refractivity contribution in [3.05, 3.63) is 29.8 Å². The topological polar surface area (TPSA) is 21.3 Å². The zero-order valence-corrected chi connectivity index (χ0v) is 11.1. The molecule has 16 heavy (non-hydrogen) atoms. The summed E-state index contributed by atoms with van der Waals surface area (Å²) in [7, 11) is 1.97. The maximum Gasteiger partial charge on any atom is 0.124 e. The Morgan fingerprint density at radius 2 is 2.12 bits per heavy atom. The van der Waals surface area contributed by atoms with E-state index < -0.39 is 0 Å². The van der Waals surface area contributed by atoms with E-state index in [1.165, 1.54) is 5.56 Å². The molecule has 1 N–H and O–H groups in total. The second-order valence-electron chi connectivity index (χ2n) is 3.59. The molecule has 0 heterocycles. The van der Waals surface area contributed by atoms with E-state index in [4.69, 9.17) is 4.74 Å². The average Bonchev–Trinajstić information content (AvgIpc) is 2.34. The van der Waals surface area contributed by atoms with Gasteiger partial charge in [0.15, 0.2) is 0 Å². The standard InChI is InChI=1S/C13H21NOS/c1-4-16-10-9-15-13-8-6-5-7-12(13)11(2)14-3/h5-8,11,14H,4,9-10H2,1-3H3. The molecule has 1 unspecified atom stereocenters. The zero-order valence-electron chi connectivity index (χ0n) is 10.3. The SMILES string of the molecule is CCSCCOc1ccccc1C(C)NC. The predicted molar refractivity (Wildman–Crippen MR) is 72.4 cm³/mol. The lowest BCUT2D eigenvalue weighted by Gasteiger charge is -2.16. The summed E-state index contributed by atoms with van der Waals surface area (Å²) < 4.78 is 5.80. The Balaban J connectivity index is 2.57. The fourth-order valence-electron chi connectivity index (χ4n) is 1.48. The van der Waals surface area contributed by atoms with Gasteiger partial charge in [0.05, 0.1) is 6.61 Å². The Hall–Kier alpha value is -0.670. The first-order chi connectivity index (χ1) is 7.79. The summed E-state index contributed by atoms with van der Waals surface area (Å²) in [6.07, 6.45) is 0. The smallest absolute Gasteiger partial charge is 0.124 e. The second kappa shape index (κ2) is 7.58. The molecule has 3 heteroatoms. The Kier molecular flexibility index (Phi) is 6.34. The van der Waals surface area contributed by atoms with Crippen LogP contribution in [0, 0.1) is 0 Å². The van der Waals surface area contributed by atoms with Crippen molar-refractivity contribution in [1.29, 1.82) is 0 Å². The van der Waals surface area contributed by atoms with Gasteiger partial charge in [-0.2, -0.15) is 11.8 Å². The summed E-state index contributed by atoms with van der Waals surface area (Å²) in [6.45, 7) is 5.09. The number of rotatable bonds is 7. The summed E-state index contributed by atoms with van der Waals surface area (Å²) in [4.78, 5) is 0. The molecule has 0 aliphatic rings. The minimum Gasteiger partial charge on any atom is -0.492 e. The quantitative estimate of drug-likeness (QED) is 0.739. The summed E-state index contributed by atoms with van der Waals surface area (Å²) in [5, 5.41) is 3.24. The Morgan fingerprint density at radius 1 is 1.38 bits per heavy atom. The number of para-hydroxylation sites is 1. The molecular weight excluding hydrogens is 218 g/mol. The second-order valence-corrected chi connectivity index (χ2v) is 4.99. The molecule has 0 bridgehead atoms. The molecule has 0 saturated heterocycles. The first-order valence-corrected chi connectivity index (χ1v) is 6.91. The maximum atomic E-state index is 5.80. The fraction of sp³-hybridized carbons (Fsp3) is 0.538. The van der Waals surface area contributed by atoms with Gasteiger partial charge in [-0.15, -0.1) is 0 Å². The van der Waals surface area contributed by atoms with Crippen molar-refractivity contribution in [2.45, 2.75) is 19.9 Å². The van der Waals surface area contributed by atoms with Gasteiger partial charge >= 0.3 is 0 Å². The van der Waals surface area contributed by atoms with Crippen molar-refractivity contribution >= 4 is 11.8 Å². The highest BCUT2D eigenvalue weighted by atomic mass is 32.2. The average molecular weight is 239 g/mol. The van der Waals surface area contributed by atoms with E-state index in [-0.39, 0.29) is 0 Å². The summed E-state index contributed by atoms with van der Waals surface area (Å²) >= 11 is 1.91. The Morgan fingerprint density at radius 3 is 2.81 bits per heavy atom. The van der Waals surface area contributed by atoms with Gasteiger partial charge in [0, 0.05) is 17.4 Å². The molecule has 1 atom stereocenters. The van der Waals surface area contributed by atoms with Gasteiger partial charge in [-0.1, -0.05) is 25.1 Å². The molecule has 0 fully saturated rings.